The average molecular weight is 313 g/mol. The van der Waals surface area contributed by atoms with Gasteiger partial charge in [-0.3, -0.25) is 4.79 Å². The zero-order valence-electron chi connectivity index (χ0n) is 12.2. The predicted octanol–water partition coefficient (Wildman–Crippen LogP) is 1.69. The van der Waals surface area contributed by atoms with E-state index in [2.05, 4.69) is 5.32 Å². The molecule has 21 heavy (non-hydrogen) atoms. The maximum Gasteiger partial charge on any atom is 0.260 e. The van der Waals surface area contributed by atoms with Crippen LogP contribution in [0.1, 0.15) is 12.5 Å². The van der Waals surface area contributed by atoms with Crippen molar-refractivity contribution in [3.63, 3.8) is 0 Å². The molecular weight excluding hydrogens is 292 g/mol. The van der Waals surface area contributed by atoms with Crippen LogP contribution in [0, 0.1) is 0 Å². The highest BCUT2D eigenvalue weighted by molar-refractivity contribution is 6.30. The Kier molecular flexibility index (Phi) is 6.29. The first-order valence-electron chi connectivity index (χ1n) is 7.18. The first-order chi connectivity index (χ1) is 10.2. The van der Waals surface area contributed by atoms with E-state index >= 15 is 0 Å². The van der Waals surface area contributed by atoms with Crippen molar-refractivity contribution in [1.29, 1.82) is 0 Å². The number of carbonyl (C=O) groups is 1. The van der Waals surface area contributed by atoms with E-state index in [-0.39, 0.29) is 12.5 Å². The van der Waals surface area contributed by atoms with Crippen LogP contribution in [-0.2, 0) is 16.1 Å². The van der Waals surface area contributed by atoms with Crippen molar-refractivity contribution in [2.24, 2.45) is 0 Å². The minimum Gasteiger partial charge on any atom is -0.483 e. The van der Waals surface area contributed by atoms with Crippen LogP contribution in [0.5, 0.6) is 5.75 Å². The summed E-state index contributed by atoms with van der Waals surface area (Å²) in [6.45, 7) is 6.06. The van der Waals surface area contributed by atoms with E-state index in [0.717, 1.165) is 12.1 Å². The van der Waals surface area contributed by atoms with E-state index < -0.39 is 0 Å². The zero-order valence-corrected chi connectivity index (χ0v) is 13.0. The summed E-state index contributed by atoms with van der Waals surface area (Å²) in [4.78, 5) is 13.8. The number of hydrogen-bond donors (Lipinski definition) is 1. The highest BCUT2D eigenvalue weighted by Gasteiger charge is 2.17. The van der Waals surface area contributed by atoms with Gasteiger partial charge in [0.15, 0.2) is 6.61 Å². The molecule has 5 nitrogen and oxygen atoms in total. The third kappa shape index (κ3) is 4.88. The smallest absolute Gasteiger partial charge is 0.260 e. The molecule has 0 radical (unpaired) electrons. The molecule has 1 saturated heterocycles. The largest absolute Gasteiger partial charge is 0.483 e. The summed E-state index contributed by atoms with van der Waals surface area (Å²) in [6.07, 6.45) is 0. The number of hydrogen-bond acceptors (Lipinski definition) is 4. The van der Waals surface area contributed by atoms with Crippen LogP contribution in [0.2, 0.25) is 5.02 Å². The number of carbonyl (C=O) groups excluding carboxylic acids is 1. The predicted molar refractivity (Wildman–Crippen MR) is 81.7 cm³/mol. The fourth-order valence-electron chi connectivity index (χ4n) is 2.13. The number of halogens is 1. The van der Waals surface area contributed by atoms with Crippen LogP contribution in [0.15, 0.2) is 18.2 Å². The lowest BCUT2D eigenvalue weighted by Gasteiger charge is -2.26. The number of morpholine rings is 1. The van der Waals surface area contributed by atoms with Gasteiger partial charge in [0.2, 0.25) is 0 Å². The van der Waals surface area contributed by atoms with Gasteiger partial charge in [-0.25, -0.2) is 0 Å². The molecule has 0 spiro atoms. The van der Waals surface area contributed by atoms with Crippen molar-refractivity contribution in [2.45, 2.75) is 13.5 Å². The second kappa shape index (κ2) is 8.22. The average Bonchev–Trinajstić information content (AvgIpc) is 2.52. The van der Waals surface area contributed by atoms with Crippen molar-refractivity contribution in [3.05, 3.63) is 28.8 Å². The molecule has 1 fully saturated rings. The fraction of sp³-hybridized carbons (Fsp3) is 0.533. The second-order valence-electron chi connectivity index (χ2n) is 4.81. The minimum absolute atomic E-state index is 0.0114. The summed E-state index contributed by atoms with van der Waals surface area (Å²) in [5, 5.41) is 3.89. The first kappa shape index (κ1) is 16.1. The number of rotatable bonds is 6. The molecule has 0 saturated carbocycles. The van der Waals surface area contributed by atoms with Gasteiger partial charge in [-0.15, -0.1) is 0 Å². The van der Waals surface area contributed by atoms with Crippen LogP contribution in [0.3, 0.4) is 0 Å². The van der Waals surface area contributed by atoms with Gasteiger partial charge in [0.25, 0.3) is 5.91 Å². The fourth-order valence-corrected chi connectivity index (χ4v) is 2.32. The number of benzene rings is 1. The third-order valence-electron chi connectivity index (χ3n) is 3.30. The Labute approximate surface area is 130 Å². The molecule has 116 valence electrons. The van der Waals surface area contributed by atoms with Crippen LogP contribution >= 0.6 is 11.6 Å². The Bertz CT molecular complexity index is 476. The van der Waals surface area contributed by atoms with Gasteiger partial charge >= 0.3 is 0 Å². The number of nitrogens with zero attached hydrogens (tertiary/aromatic N) is 1. The summed E-state index contributed by atoms with van der Waals surface area (Å²) >= 11 is 6.01. The summed E-state index contributed by atoms with van der Waals surface area (Å²) in [6, 6.07) is 5.44. The Morgan fingerprint density at radius 1 is 1.43 bits per heavy atom. The minimum atomic E-state index is -0.0114. The summed E-state index contributed by atoms with van der Waals surface area (Å²) in [5.74, 6) is 0.685. The quantitative estimate of drug-likeness (QED) is 0.868. The molecule has 1 N–H and O–H groups in total. The third-order valence-corrected chi connectivity index (χ3v) is 3.54. The zero-order chi connectivity index (χ0) is 15.1. The second-order valence-corrected chi connectivity index (χ2v) is 5.25. The van der Waals surface area contributed by atoms with Crippen molar-refractivity contribution in [1.82, 2.24) is 10.2 Å². The Morgan fingerprint density at radius 2 is 2.19 bits per heavy atom. The molecular formula is C15H21ClN2O3. The Morgan fingerprint density at radius 3 is 2.90 bits per heavy atom. The molecule has 0 aliphatic carbocycles. The van der Waals surface area contributed by atoms with E-state index in [9.17, 15) is 4.79 Å². The summed E-state index contributed by atoms with van der Waals surface area (Å²) in [5.41, 5.74) is 0.958. The van der Waals surface area contributed by atoms with Gasteiger partial charge in [-0.2, -0.15) is 0 Å². The highest BCUT2D eigenvalue weighted by Crippen LogP contribution is 2.23. The molecule has 1 aromatic carbocycles. The SMILES string of the molecule is CCNCc1cc(Cl)ccc1OCC(=O)N1CCOCC1. The van der Waals surface area contributed by atoms with E-state index in [1.54, 1.807) is 11.0 Å². The molecule has 0 bridgehead atoms. The monoisotopic (exact) mass is 312 g/mol. The lowest BCUT2D eigenvalue weighted by Crippen LogP contribution is -2.43. The standard InChI is InChI=1S/C15H21ClN2O3/c1-2-17-10-12-9-13(16)3-4-14(12)21-11-15(19)18-5-7-20-8-6-18/h3-4,9,17H,2,5-8,10-11H2,1H3. The summed E-state index contributed by atoms with van der Waals surface area (Å²) in [7, 11) is 0. The number of nitrogens with one attached hydrogen (secondary N) is 1. The lowest BCUT2D eigenvalue weighted by atomic mass is 10.2. The van der Waals surface area contributed by atoms with Crippen LogP contribution < -0.4 is 10.1 Å². The molecule has 1 aromatic rings. The van der Waals surface area contributed by atoms with Crippen molar-refractivity contribution < 1.29 is 14.3 Å². The first-order valence-corrected chi connectivity index (χ1v) is 7.56. The van der Waals surface area contributed by atoms with Crippen LogP contribution in [0.25, 0.3) is 0 Å². The molecule has 1 heterocycles. The highest BCUT2D eigenvalue weighted by atomic mass is 35.5. The number of amides is 1. The van der Waals surface area contributed by atoms with E-state index in [0.29, 0.717) is 43.6 Å². The van der Waals surface area contributed by atoms with Crippen molar-refractivity contribution >= 4 is 17.5 Å². The molecule has 1 amide bonds. The molecule has 0 unspecified atom stereocenters. The number of ether oxygens (including phenoxy) is 2. The molecule has 0 atom stereocenters. The van der Waals surface area contributed by atoms with Crippen molar-refractivity contribution in [3.8, 4) is 5.75 Å². The van der Waals surface area contributed by atoms with Gasteiger partial charge < -0.3 is 19.7 Å². The maximum atomic E-state index is 12.1. The van der Waals surface area contributed by atoms with Crippen LogP contribution in [-0.4, -0.2) is 50.3 Å². The molecule has 0 aromatic heterocycles. The van der Waals surface area contributed by atoms with Gasteiger partial charge in [0.05, 0.1) is 13.2 Å². The molecule has 1 aliphatic heterocycles. The van der Waals surface area contributed by atoms with E-state index in [4.69, 9.17) is 21.1 Å². The normalized spacial score (nSPS) is 15.0. The van der Waals surface area contributed by atoms with E-state index in [1.807, 2.05) is 19.1 Å². The Balaban J connectivity index is 1.93. The van der Waals surface area contributed by atoms with E-state index in [1.165, 1.54) is 0 Å². The van der Waals surface area contributed by atoms with Gasteiger partial charge in [-0.1, -0.05) is 18.5 Å². The summed E-state index contributed by atoms with van der Waals surface area (Å²) < 4.78 is 10.9. The van der Waals surface area contributed by atoms with Gasteiger partial charge in [0.1, 0.15) is 5.75 Å². The van der Waals surface area contributed by atoms with Crippen molar-refractivity contribution in [2.75, 3.05) is 39.5 Å². The maximum absolute atomic E-state index is 12.1. The molecule has 1 aliphatic rings. The molecule has 6 heteroatoms. The Hall–Kier alpha value is -1.30. The van der Waals surface area contributed by atoms with Gasteiger partial charge in [0, 0.05) is 30.2 Å². The van der Waals surface area contributed by atoms with Gasteiger partial charge in [-0.05, 0) is 24.7 Å². The lowest BCUT2D eigenvalue weighted by molar-refractivity contribution is -0.137. The van der Waals surface area contributed by atoms with Crippen LogP contribution in [0.4, 0.5) is 0 Å². The molecule has 2 rings (SSSR count). The topological polar surface area (TPSA) is 50.8 Å².